The lowest BCUT2D eigenvalue weighted by molar-refractivity contribution is -0.111. The smallest absolute Gasteiger partial charge is 0.198 e. The zero-order chi connectivity index (χ0) is 32.2. The van der Waals surface area contributed by atoms with Crippen LogP contribution in [0, 0.1) is 0 Å². The summed E-state index contributed by atoms with van der Waals surface area (Å²) in [4.78, 5) is 17.4. The number of Topliss-reactive ketones (excluding diaryl/α,β-unsaturated/α-hetero) is 1. The maximum absolute atomic E-state index is 13.3. The van der Waals surface area contributed by atoms with Crippen LogP contribution < -0.4 is 24.3 Å². The molecular weight excluding hydrogens is 647 g/mol. The van der Waals surface area contributed by atoms with E-state index in [0.717, 1.165) is 35.6 Å². The van der Waals surface area contributed by atoms with Crippen molar-refractivity contribution in [2.45, 2.75) is 26.6 Å². The van der Waals surface area contributed by atoms with Crippen LogP contribution in [0.3, 0.4) is 0 Å². The topological polar surface area (TPSA) is 66.8 Å². The van der Waals surface area contributed by atoms with Gasteiger partial charge in [-0.05, 0) is 55.5 Å². The van der Waals surface area contributed by atoms with Crippen molar-refractivity contribution in [1.82, 2.24) is 0 Å². The van der Waals surface area contributed by atoms with E-state index >= 15 is 0 Å². The van der Waals surface area contributed by atoms with Gasteiger partial charge < -0.3 is 19.1 Å². The van der Waals surface area contributed by atoms with Crippen molar-refractivity contribution < 1.29 is 19.0 Å². The van der Waals surface area contributed by atoms with Gasteiger partial charge in [-0.3, -0.25) is 9.69 Å². The average Bonchev–Trinajstić information content (AvgIpc) is 3.47. The molecule has 2 aliphatic rings. The molecule has 0 bridgehead atoms. The van der Waals surface area contributed by atoms with Crippen molar-refractivity contribution in [2.75, 3.05) is 47.7 Å². The largest absolute Gasteiger partial charge is 0.490 e. The molecule has 2 heterocycles. The first-order chi connectivity index (χ1) is 22.4. The number of hydrogen-bond acceptors (Lipinski definition) is 8. The van der Waals surface area contributed by atoms with Crippen LogP contribution in [-0.2, 0) is 16.1 Å². The molecule has 0 radical (unpaired) electrons. The van der Waals surface area contributed by atoms with Gasteiger partial charge >= 0.3 is 0 Å². The predicted octanol–water partition coefficient (Wildman–Crippen LogP) is 8.39. The number of carbonyl (C=O) groups is 1. The van der Waals surface area contributed by atoms with Gasteiger partial charge in [0, 0.05) is 46.9 Å². The summed E-state index contributed by atoms with van der Waals surface area (Å²) in [6, 6.07) is 26.6. The normalized spacial score (nSPS) is 16.4. The molecule has 0 amide bonds. The zero-order valence-electron chi connectivity index (χ0n) is 25.5. The predicted molar refractivity (Wildman–Crippen MR) is 185 cm³/mol. The van der Waals surface area contributed by atoms with Crippen LogP contribution in [0.4, 0.5) is 17.1 Å². The summed E-state index contributed by atoms with van der Waals surface area (Å²) < 4.78 is 18.2. The van der Waals surface area contributed by atoms with Crippen LogP contribution in [0.25, 0.3) is 0 Å². The molecule has 4 aromatic rings. The number of anilines is 3. The summed E-state index contributed by atoms with van der Waals surface area (Å²) in [5, 5.41) is 8.32. The van der Waals surface area contributed by atoms with Gasteiger partial charge in [0.2, 0.25) is 0 Å². The molecule has 2 aliphatic heterocycles. The Labute approximate surface area is 283 Å². The minimum absolute atomic E-state index is 0.158. The summed E-state index contributed by atoms with van der Waals surface area (Å²) in [5.41, 5.74) is 3.89. The molecule has 1 fully saturated rings. The average molecular weight is 680 g/mol. The van der Waals surface area contributed by atoms with E-state index < -0.39 is 6.17 Å². The number of para-hydroxylation sites is 2. The number of benzene rings is 4. The molecule has 11 heteroatoms. The number of carbonyl (C=O) groups excluding carboxylic acids is 1. The quantitative estimate of drug-likeness (QED) is 0.167. The molecule has 0 unspecified atom stereocenters. The fraction of sp³-hybridized carbons (Fsp3) is 0.257. The van der Waals surface area contributed by atoms with Gasteiger partial charge in [0.05, 0.1) is 36.2 Å². The van der Waals surface area contributed by atoms with E-state index in [9.17, 15) is 4.79 Å². The minimum Gasteiger partial charge on any atom is -0.490 e. The highest BCUT2D eigenvalue weighted by Gasteiger charge is 2.41. The summed E-state index contributed by atoms with van der Waals surface area (Å²) in [5.74, 6) is 1.11. The van der Waals surface area contributed by atoms with E-state index in [1.54, 1.807) is 12.1 Å². The van der Waals surface area contributed by atoms with Gasteiger partial charge in [0.1, 0.15) is 6.61 Å². The highest BCUT2D eigenvalue weighted by atomic mass is 35.5. The third kappa shape index (κ3) is 6.62. The Morgan fingerprint density at radius 1 is 0.891 bits per heavy atom. The van der Waals surface area contributed by atoms with E-state index in [2.05, 4.69) is 4.90 Å². The second-order valence-electron chi connectivity index (χ2n) is 10.8. The highest BCUT2D eigenvalue weighted by Crippen LogP contribution is 2.46. The molecule has 0 saturated carbocycles. The number of ketones is 1. The van der Waals surface area contributed by atoms with Crippen LogP contribution in [0.2, 0.25) is 15.1 Å². The Balaban J connectivity index is 1.48. The number of nitrogens with zero attached hydrogens (tertiary/aromatic N) is 4. The second kappa shape index (κ2) is 14.2. The number of rotatable bonds is 10. The third-order valence-electron chi connectivity index (χ3n) is 7.78. The van der Waals surface area contributed by atoms with E-state index in [4.69, 9.17) is 54.1 Å². The number of hydrogen-bond donors (Lipinski definition) is 0. The highest BCUT2D eigenvalue weighted by molar-refractivity contribution is 6.44. The van der Waals surface area contributed by atoms with Crippen LogP contribution >= 0.6 is 34.8 Å². The van der Waals surface area contributed by atoms with E-state index in [1.165, 1.54) is 6.92 Å². The van der Waals surface area contributed by atoms with Crippen LogP contribution in [0.5, 0.6) is 11.5 Å². The van der Waals surface area contributed by atoms with Gasteiger partial charge in [-0.2, -0.15) is 0 Å². The monoisotopic (exact) mass is 678 g/mol. The fourth-order valence-corrected chi connectivity index (χ4v) is 6.40. The van der Waals surface area contributed by atoms with Crippen molar-refractivity contribution in [2.24, 2.45) is 5.10 Å². The standard InChI is InChI=1S/C35H33Cl3N4O4/c1-3-45-32-11-7-10-28(33(32)46-22-24-12-13-25(36)20-29(24)37)35-41(34(23(2)43)39-42(35)26-8-5-4-6-9-26)27-14-15-31(30(38)21-27)40-16-18-44-19-17-40/h4-15,20-21,35H,3,16-19,22H2,1-2H3/t35-/m0/s1. The summed E-state index contributed by atoms with van der Waals surface area (Å²) in [7, 11) is 0. The molecule has 0 N–H and O–H groups in total. The van der Waals surface area contributed by atoms with E-state index in [-0.39, 0.29) is 18.2 Å². The van der Waals surface area contributed by atoms with Gasteiger partial charge in [-0.15, -0.1) is 5.10 Å². The molecule has 8 nitrogen and oxygen atoms in total. The summed E-state index contributed by atoms with van der Waals surface area (Å²) in [6.45, 7) is 6.78. The number of ether oxygens (including phenoxy) is 3. The van der Waals surface area contributed by atoms with Crippen molar-refractivity contribution >= 4 is 63.5 Å². The van der Waals surface area contributed by atoms with Gasteiger partial charge in [0.15, 0.2) is 29.3 Å². The lowest BCUT2D eigenvalue weighted by Crippen LogP contribution is -2.38. The molecular formula is C35H33Cl3N4O4. The first-order valence-corrected chi connectivity index (χ1v) is 16.2. The molecule has 1 atom stereocenters. The summed E-state index contributed by atoms with van der Waals surface area (Å²) in [6.07, 6.45) is -0.636. The maximum atomic E-state index is 13.3. The Kier molecular flexibility index (Phi) is 9.89. The number of amidine groups is 1. The molecule has 46 heavy (non-hydrogen) atoms. The van der Waals surface area contributed by atoms with Gasteiger partial charge in [-0.25, -0.2) is 5.01 Å². The minimum atomic E-state index is -0.636. The van der Waals surface area contributed by atoms with E-state index in [1.807, 2.05) is 89.6 Å². The van der Waals surface area contributed by atoms with Crippen molar-refractivity contribution in [1.29, 1.82) is 0 Å². The first-order valence-electron chi connectivity index (χ1n) is 15.0. The van der Waals surface area contributed by atoms with Crippen molar-refractivity contribution in [3.63, 3.8) is 0 Å². The van der Waals surface area contributed by atoms with Crippen molar-refractivity contribution in [3.8, 4) is 11.5 Å². The van der Waals surface area contributed by atoms with Crippen LogP contribution in [0.15, 0.2) is 90.0 Å². The molecule has 4 aromatic carbocycles. The molecule has 0 aliphatic carbocycles. The van der Waals surface area contributed by atoms with E-state index in [0.29, 0.717) is 52.1 Å². The maximum Gasteiger partial charge on any atom is 0.198 e. The zero-order valence-corrected chi connectivity index (χ0v) is 27.7. The summed E-state index contributed by atoms with van der Waals surface area (Å²) >= 11 is 19.6. The lowest BCUT2D eigenvalue weighted by Gasteiger charge is -2.34. The van der Waals surface area contributed by atoms with Crippen LogP contribution in [-0.4, -0.2) is 44.5 Å². The fourth-order valence-electron chi connectivity index (χ4n) is 5.64. The molecule has 0 aromatic heterocycles. The Morgan fingerprint density at radius 3 is 2.37 bits per heavy atom. The van der Waals surface area contributed by atoms with Gasteiger partial charge in [-0.1, -0.05) is 71.2 Å². The molecule has 238 valence electrons. The number of halogens is 3. The Hall–Kier alpha value is -3.95. The number of morpholine rings is 1. The Morgan fingerprint density at radius 2 is 1.67 bits per heavy atom. The molecule has 0 spiro atoms. The first kappa shape index (κ1) is 32.0. The van der Waals surface area contributed by atoms with Crippen molar-refractivity contribution in [3.05, 3.63) is 111 Å². The third-order valence-corrected chi connectivity index (χ3v) is 8.67. The molecule has 1 saturated heterocycles. The van der Waals surface area contributed by atoms with Gasteiger partial charge in [0.25, 0.3) is 0 Å². The SMILES string of the molecule is CCOc1cccc([C@@H]2N(c3ccccc3)N=C(C(C)=O)N2c2ccc(N3CCOCC3)c(Cl)c2)c1OCc1ccc(Cl)cc1Cl. The number of hydrazone groups is 1. The Bertz CT molecular complexity index is 1750. The second-order valence-corrected chi connectivity index (χ2v) is 12.0. The lowest BCUT2D eigenvalue weighted by atomic mass is 10.1. The molecule has 6 rings (SSSR count). The van der Waals surface area contributed by atoms with Crippen LogP contribution in [0.1, 0.15) is 31.1 Å².